The molecule has 0 spiro atoms. The van der Waals surface area contributed by atoms with E-state index in [0.29, 0.717) is 23.6 Å². The van der Waals surface area contributed by atoms with Crippen molar-refractivity contribution in [3.8, 4) is 11.5 Å². The average Bonchev–Trinajstić information content (AvgIpc) is 3.24. The van der Waals surface area contributed by atoms with Gasteiger partial charge in [0, 0.05) is 44.4 Å². The van der Waals surface area contributed by atoms with Crippen molar-refractivity contribution in [3.05, 3.63) is 24.3 Å². The number of hydrogen-bond acceptors (Lipinski definition) is 17. The number of aliphatic hydroxyl groups excluding tert-OH is 3. The third kappa shape index (κ3) is 12.0. The number of nitrogens with zero attached hydrogens (tertiary/aromatic N) is 2. The normalized spacial score (nSPS) is 43.0. The highest BCUT2D eigenvalue weighted by atomic mass is 16.7. The third-order valence-corrected chi connectivity index (χ3v) is 13.8. The van der Waals surface area contributed by atoms with E-state index in [4.69, 9.17) is 47.5 Å². The molecule has 17 heteroatoms. The smallest absolute Gasteiger partial charge is 0.311 e. The van der Waals surface area contributed by atoms with Crippen molar-refractivity contribution in [1.82, 2.24) is 4.90 Å². The van der Waals surface area contributed by atoms with Crippen LogP contribution in [0.25, 0.3) is 0 Å². The summed E-state index contributed by atoms with van der Waals surface area (Å²) in [5.41, 5.74) is -3.91. The van der Waals surface area contributed by atoms with Crippen molar-refractivity contribution in [2.24, 2.45) is 28.8 Å². The van der Waals surface area contributed by atoms with E-state index in [1.807, 2.05) is 52.8 Å². The molecule has 0 amide bonds. The molecule has 3 fully saturated rings. The van der Waals surface area contributed by atoms with Crippen LogP contribution in [0, 0.1) is 23.7 Å². The van der Waals surface area contributed by atoms with Crippen molar-refractivity contribution >= 4 is 11.7 Å². The van der Waals surface area contributed by atoms with Crippen LogP contribution in [0.4, 0.5) is 0 Å². The van der Waals surface area contributed by atoms with Gasteiger partial charge in [-0.2, -0.15) is 0 Å². The van der Waals surface area contributed by atoms with Gasteiger partial charge in [-0.3, -0.25) is 4.79 Å². The van der Waals surface area contributed by atoms with Gasteiger partial charge >= 0.3 is 5.97 Å². The van der Waals surface area contributed by atoms with Crippen LogP contribution in [0.5, 0.6) is 11.5 Å². The van der Waals surface area contributed by atoms with Crippen LogP contribution < -0.4 is 9.47 Å². The highest BCUT2D eigenvalue weighted by Gasteiger charge is 2.54. The highest BCUT2D eigenvalue weighted by Crippen LogP contribution is 2.42. The predicted molar refractivity (Wildman–Crippen MR) is 233 cm³/mol. The highest BCUT2D eigenvalue weighted by molar-refractivity contribution is 5.88. The molecule has 4 N–H and O–H groups in total. The van der Waals surface area contributed by atoms with Gasteiger partial charge in [-0.1, -0.05) is 45.0 Å². The maximum absolute atomic E-state index is 14.5. The molecule has 1 aromatic carbocycles. The summed E-state index contributed by atoms with van der Waals surface area (Å²) in [6.45, 7) is 17.3. The lowest BCUT2D eigenvalue weighted by atomic mass is 9.73. The first-order valence-corrected chi connectivity index (χ1v) is 22.3. The number of para-hydroxylation sites is 2. The Bertz CT molecular complexity index is 1630. The van der Waals surface area contributed by atoms with Gasteiger partial charge in [0.05, 0.1) is 60.5 Å². The second kappa shape index (κ2) is 22.2. The first-order chi connectivity index (χ1) is 29.5. The van der Waals surface area contributed by atoms with Crippen LogP contribution in [-0.4, -0.2) is 163 Å². The summed E-state index contributed by atoms with van der Waals surface area (Å²) < 4.78 is 56.1. The fourth-order valence-electron chi connectivity index (χ4n) is 9.70. The monoisotopic (exact) mass is 899 g/mol. The molecule has 3 saturated heterocycles. The summed E-state index contributed by atoms with van der Waals surface area (Å²) in [6, 6.07) is 6.79. The summed E-state index contributed by atoms with van der Waals surface area (Å²) in [6.07, 6.45) is -8.74. The van der Waals surface area contributed by atoms with E-state index in [9.17, 15) is 25.2 Å². The number of methoxy groups -OCH3 is 3. The van der Waals surface area contributed by atoms with Gasteiger partial charge in [-0.15, -0.1) is 0 Å². The SMILES string of the molecule is CC[C@H]1OC(=O)[C@H](C)C(O[C@H]2C[C@](C)(OC)[C@@H](O)[C@@H](C)O2)[C@H](C)C(O[C@@H]2O[C@H](C)C[C@H](N(C)C)[C@@H]2O)[C@](C)(OC)C[C@@H](C)/C(=N\OCOc2ccccc2OC)[C@H](C)[C@@H](O)[C@]1(C)O. The Balaban J connectivity index is 1.88. The Morgan fingerprint density at radius 3 is 2.08 bits per heavy atom. The lowest BCUT2D eigenvalue weighted by Gasteiger charge is -2.50. The van der Waals surface area contributed by atoms with Gasteiger partial charge in [-0.05, 0) is 87.0 Å². The zero-order chi connectivity index (χ0) is 47.2. The number of benzene rings is 1. The number of carbonyl (C=O) groups excluding carboxylic acids is 1. The third-order valence-electron chi connectivity index (χ3n) is 13.8. The Labute approximate surface area is 374 Å². The second-order valence-corrected chi connectivity index (χ2v) is 18.8. The number of carbonyl (C=O) groups is 1. The summed E-state index contributed by atoms with van der Waals surface area (Å²) in [5.74, 6) is -2.91. The molecule has 4 rings (SSSR count). The topological polar surface area (TPSA) is 206 Å². The van der Waals surface area contributed by atoms with E-state index in [1.165, 1.54) is 21.1 Å². The van der Waals surface area contributed by atoms with Crippen LogP contribution >= 0.6 is 0 Å². The summed E-state index contributed by atoms with van der Waals surface area (Å²) in [5, 5.41) is 51.6. The van der Waals surface area contributed by atoms with Gasteiger partial charge < -0.3 is 72.8 Å². The lowest BCUT2D eigenvalue weighted by Crippen LogP contribution is -2.61. The summed E-state index contributed by atoms with van der Waals surface area (Å²) in [7, 11) is 8.38. The molecule has 63 heavy (non-hydrogen) atoms. The molecule has 362 valence electrons. The molecule has 0 radical (unpaired) electrons. The molecule has 0 bridgehead atoms. The summed E-state index contributed by atoms with van der Waals surface area (Å²) >= 11 is 0. The van der Waals surface area contributed by atoms with Gasteiger partial charge in [-0.25, -0.2) is 0 Å². The molecule has 3 aliphatic heterocycles. The quantitative estimate of drug-likeness (QED) is 0.0944. The number of esters is 1. The van der Waals surface area contributed by atoms with Crippen molar-refractivity contribution in [2.45, 2.75) is 179 Å². The molecule has 0 saturated carbocycles. The fourth-order valence-corrected chi connectivity index (χ4v) is 9.70. The van der Waals surface area contributed by atoms with E-state index in [0.717, 1.165) is 0 Å². The molecule has 1 aromatic rings. The van der Waals surface area contributed by atoms with Crippen molar-refractivity contribution < 1.29 is 72.7 Å². The molecule has 2 unspecified atom stereocenters. The van der Waals surface area contributed by atoms with E-state index in [2.05, 4.69) is 5.16 Å². The van der Waals surface area contributed by atoms with Crippen molar-refractivity contribution in [1.29, 1.82) is 0 Å². The zero-order valence-electron chi connectivity index (χ0n) is 40.2. The zero-order valence-corrected chi connectivity index (χ0v) is 40.2. The first kappa shape index (κ1) is 52.9. The minimum absolute atomic E-state index is 0.119. The number of cyclic esters (lactones) is 1. The molecule has 0 aliphatic carbocycles. The Morgan fingerprint density at radius 1 is 0.857 bits per heavy atom. The Kier molecular flexibility index (Phi) is 18.7. The maximum Gasteiger partial charge on any atom is 0.311 e. The Morgan fingerprint density at radius 2 is 1.49 bits per heavy atom. The van der Waals surface area contributed by atoms with Crippen molar-refractivity contribution in [2.75, 3.05) is 42.2 Å². The van der Waals surface area contributed by atoms with Gasteiger partial charge in [0.1, 0.15) is 23.9 Å². The number of ether oxygens (including phenoxy) is 9. The Hall–Kier alpha value is -2.68. The fraction of sp³-hybridized carbons (Fsp3) is 0.826. The summed E-state index contributed by atoms with van der Waals surface area (Å²) in [4.78, 5) is 22.3. The average molecular weight is 899 g/mol. The van der Waals surface area contributed by atoms with Gasteiger partial charge in [0.25, 0.3) is 6.79 Å². The maximum atomic E-state index is 14.5. The number of hydrogen-bond donors (Lipinski definition) is 4. The molecule has 3 heterocycles. The van der Waals surface area contributed by atoms with E-state index >= 15 is 0 Å². The van der Waals surface area contributed by atoms with Crippen molar-refractivity contribution in [3.63, 3.8) is 0 Å². The van der Waals surface area contributed by atoms with Gasteiger partial charge in [0.15, 0.2) is 24.1 Å². The van der Waals surface area contributed by atoms with Crippen LogP contribution in [0.1, 0.15) is 94.9 Å². The molecular weight excluding hydrogens is 821 g/mol. The minimum Gasteiger partial charge on any atom is -0.493 e. The van der Waals surface area contributed by atoms with Crippen LogP contribution in [-0.2, 0) is 42.8 Å². The molecule has 3 aliphatic rings. The van der Waals surface area contributed by atoms with Crippen LogP contribution in [0.3, 0.4) is 0 Å². The second-order valence-electron chi connectivity index (χ2n) is 18.8. The largest absolute Gasteiger partial charge is 0.493 e. The lowest BCUT2D eigenvalue weighted by molar-refractivity contribution is -0.319. The molecule has 17 nitrogen and oxygen atoms in total. The molecule has 0 aromatic heterocycles. The number of aliphatic hydroxyl groups is 4. The predicted octanol–water partition coefficient (Wildman–Crippen LogP) is 4.29. The standard InChI is InChI=1S/C46H78N2O15/c1-16-34-46(10,53)39(50)27(4)36(47-58-24-57-33-20-18-17-19-32(33)54-13)25(2)22-45(9,56-15)41(63-43-37(49)31(48(11)12)21-26(3)59-43)28(5)38(29(6)42(52)61-34)62-35-23-44(8,55-14)40(51)30(7)60-35/h17-20,25-31,34-35,37-41,43,49-51,53H,16,21-24H2,1-15H3/b47-36+/t25-,26-,27+,28+,29-,30-,31+,34-,35+,37+,38?,39-,40+,41?,43+,44+,45-,46-/m1/s1. The van der Waals surface area contributed by atoms with E-state index in [-0.39, 0.29) is 38.2 Å². The minimum atomic E-state index is -1.97. The number of oxime groups is 1. The number of likely N-dealkylation sites (N-methyl/N-ethyl adjacent to an activating group) is 1. The van der Waals surface area contributed by atoms with E-state index < -0.39 is 102 Å². The van der Waals surface area contributed by atoms with Crippen LogP contribution in [0.15, 0.2) is 29.4 Å². The first-order valence-electron chi connectivity index (χ1n) is 22.3. The van der Waals surface area contributed by atoms with Gasteiger partial charge in [0.2, 0.25) is 0 Å². The van der Waals surface area contributed by atoms with E-state index in [1.54, 1.807) is 59.9 Å². The molecular formula is C46H78N2O15. The number of rotatable bonds is 13. The van der Waals surface area contributed by atoms with Crippen LogP contribution in [0.2, 0.25) is 0 Å². The molecule has 18 atom stereocenters.